The lowest BCUT2D eigenvalue weighted by Gasteiger charge is -2.33. The Labute approximate surface area is 306 Å². The Bertz CT molecular complexity index is 384. The van der Waals surface area contributed by atoms with E-state index >= 15 is 0 Å². The van der Waals surface area contributed by atoms with Crippen LogP contribution in [0.5, 0.6) is 0 Å². The van der Waals surface area contributed by atoms with E-state index in [4.69, 9.17) is 37.9 Å². The van der Waals surface area contributed by atoms with Crippen molar-refractivity contribution in [3.8, 4) is 0 Å². The molecule has 0 aromatic heterocycles. The van der Waals surface area contributed by atoms with Gasteiger partial charge in [0.15, 0.2) is 0 Å². The molecule has 0 aliphatic rings. The Morgan fingerprint density at radius 3 is 0.717 bits per heavy atom. The predicted octanol–water partition coefficient (Wildman–Crippen LogP) is 8.54. The minimum absolute atomic E-state index is 0. The Morgan fingerprint density at radius 2 is 0.522 bits per heavy atom. The standard InChI is InChI=1S/C24H50O8.4C2H6S.2CH4/c1-5-9-26-13-17-30-21-24(20-29-16-12-25-8-4,22-31-18-14-27-10-6-2)23-32-19-15-28-11-7-3;4*1-3-2;;/h5-23H2,1-4H3;4*1-2H3;2*1H4. The van der Waals surface area contributed by atoms with Crippen LogP contribution in [0.15, 0.2) is 0 Å². The second kappa shape index (κ2) is 64.6. The summed E-state index contributed by atoms with van der Waals surface area (Å²) in [7, 11) is 0. The molecule has 0 aromatic carbocycles. The predicted molar refractivity (Wildman–Crippen MR) is 217 cm³/mol. The van der Waals surface area contributed by atoms with E-state index in [1.165, 1.54) is 0 Å². The summed E-state index contributed by atoms with van der Waals surface area (Å²) in [6.07, 6.45) is 19.3. The number of thioether (sulfide) groups is 4. The van der Waals surface area contributed by atoms with Crippen molar-refractivity contribution in [2.24, 2.45) is 5.41 Å². The Kier molecular flexibility index (Phi) is 87.4. The van der Waals surface area contributed by atoms with Gasteiger partial charge in [-0.1, -0.05) is 35.6 Å². The molecule has 0 aliphatic carbocycles. The lowest BCUT2D eigenvalue weighted by atomic mass is 9.92. The van der Waals surface area contributed by atoms with Crippen molar-refractivity contribution < 1.29 is 37.9 Å². The molecule has 0 saturated heterocycles. The van der Waals surface area contributed by atoms with Crippen molar-refractivity contribution >= 4 is 47.0 Å². The van der Waals surface area contributed by atoms with Crippen molar-refractivity contribution in [3.63, 3.8) is 0 Å². The van der Waals surface area contributed by atoms with Gasteiger partial charge in [0.25, 0.3) is 0 Å². The number of ether oxygens (including phenoxy) is 8. The second-order valence-electron chi connectivity index (χ2n) is 9.38. The number of hydrogen-bond donors (Lipinski definition) is 0. The molecule has 0 aliphatic heterocycles. The van der Waals surface area contributed by atoms with Crippen LogP contribution >= 0.6 is 47.0 Å². The summed E-state index contributed by atoms with van der Waals surface area (Å²) in [6, 6.07) is 0. The van der Waals surface area contributed by atoms with Crippen LogP contribution in [0.1, 0.15) is 61.8 Å². The van der Waals surface area contributed by atoms with Gasteiger partial charge in [-0.15, -0.1) is 0 Å². The van der Waals surface area contributed by atoms with Crippen LogP contribution in [0.4, 0.5) is 0 Å². The zero-order chi connectivity index (χ0) is 34.4. The van der Waals surface area contributed by atoms with E-state index in [2.05, 4.69) is 20.8 Å². The smallest absolute Gasteiger partial charge is 0.0700 e. The van der Waals surface area contributed by atoms with Gasteiger partial charge >= 0.3 is 0 Å². The van der Waals surface area contributed by atoms with E-state index in [0.717, 1.165) is 39.1 Å². The minimum atomic E-state index is -0.424. The first-order chi connectivity index (χ1) is 21.4. The molecule has 0 bridgehead atoms. The molecular weight excluding hydrogens is 665 g/mol. The van der Waals surface area contributed by atoms with E-state index in [1.807, 2.05) is 57.0 Å². The molecule has 0 amide bonds. The van der Waals surface area contributed by atoms with Crippen LogP contribution < -0.4 is 0 Å². The van der Waals surface area contributed by atoms with Crippen LogP contribution in [0.2, 0.25) is 0 Å². The second-order valence-corrected chi connectivity index (χ2v) is 12.6. The highest BCUT2D eigenvalue weighted by molar-refractivity contribution is 7.98. The Morgan fingerprint density at radius 1 is 0.326 bits per heavy atom. The summed E-state index contributed by atoms with van der Waals surface area (Å²) >= 11 is 7.00. The summed E-state index contributed by atoms with van der Waals surface area (Å²) in [6.45, 7) is 17.4. The van der Waals surface area contributed by atoms with Gasteiger partial charge in [-0.2, -0.15) is 47.0 Å². The van der Waals surface area contributed by atoms with Gasteiger partial charge in [-0.25, -0.2) is 0 Å². The quantitative estimate of drug-likeness (QED) is 0.0757. The molecular formula is C34H82O8S4. The van der Waals surface area contributed by atoms with Crippen molar-refractivity contribution in [1.29, 1.82) is 0 Å². The fourth-order valence-electron chi connectivity index (χ4n) is 2.76. The van der Waals surface area contributed by atoms with Crippen molar-refractivity contribution in [2.75, 3.05) is 156 Å². The van der Waals surface area contributed by atoms with Gasteiger partial charge in [0, 0.05) is 26.4 Å². The molecule has 0 spiro atoms. The van der Waals surface area contributed by atoms with Gasteiger partial charge in [0.05, 0.1) is 84.7 Å². The minimum Gasteiger partial charge on any atom is -0.379 e. The molecule has 0 heterocycles. The molecule has 0 radical (unpaired) electrons. The first kappa shape index (κ1) is 62.2. The van der Waals surface area contributed by atoms with Crippen molar-refractivity contribution in [1.82, 2.24) is 0 Å². The largest absolute Gasteiger partial charge is 0.379 e. The molecule has 0 unspecified atom stereocenters. The SMILES string of the molecule is C.C.CCCOCCOCC(COCCOCC)(COCCOCCC)COCCOCCC.CSC.CSC.CSC.CSC. The summed E-state index contributed by atoms with van der Waals surface area (Å²) in [5, 5.41) is 0. The molecule has 0 fully saturated rings. The molecule has 12 heteroatoms. The fraction of sp³-hybridized carbons (Fsp3) is 1.00. The highest BCUT2D eigenvalue weighted by Crippen LogP contribution is 2.21. The monoisotopic (exact) mass is 746 g/mol. The normalized spacial score (nSPS) is 9.91. The zero-order valence-corrected chi connectivity index (χ0v) is 34.1. The van der Waals surface area contributed by atoms with E-state index < -0.39 is 5.41 Å². The Hall–Kier alpha value is 1.08. The third-order valence-corrected chi connectivity index (χ3v) is 4.37. The van der Waals surface area contributed by atoms with Crippen molar-refractivity contribution in [2.45, 2.75) is 61.8 Å². The topological polar surface area (TPSA) is 73.8 Å². The van der Waals surface area contributed by atoms with Gasteiger partial charge in [-0.3, -0.25) is 0 Å². The maximum absolute atomic E-state index is 5.96. The lowest BCUT2D eigenvalue weighted by Crippen LogP contribution is -2.42. The third-order valence-electron chi connectivity index (χ3n) is 4.37. The molecule has 0 N–H and O–H groups in total. The van der Waals surface area contributed by atoms with Crippen LogP contribution in [0.3, 0.4) is 0 Å². The molecule has 8 nitrogen and oxygen atoms in total. The van der Waals surface area contributed by atoms with Crippen LogP contribution in [-0.4, -0.2) is 156 Å². The number of rotatable bonds is 27. The number of hydrogen-bond acceptors (Lipinski definition) is 12. The van der Waals surface area contributed by atoms with E-state index in [0.29, 0.717) is 85.9 Å². The first-order valence-electron chi connectivity index (χ1n) is 15.6. The summed E-state index contributed by atoms with van der Waals surface area (Å²) in [4.78, 5) is 0. The maximum Gasteiger partial charge on any atom is 0.0700 e. The van der Waals surface area contributed by atoms with E-state index in [9.17, 15) is 0 Å². The molecule has 0 saturated carbocycles. The molecule has 0 rings (SSSR count). The molecule has 46 heavy (non-hydrogen) atoms. The summed E-state index contributed by atoms with van der Waals surface area (Å²) in [5.41, 5.74) is -0.424. The first-order valence-corrected chi connectivity index (χ1v) is 22.2. The van der Waals surface area contributed by atoms with Crippen LogP contribution in [0, 0.1) is 5.41 Å². The van der Waals surface area contributed by atoms with Crippen molar-refractivity contribution in [3.05, 3.63) is 0 Å². The average molecular weight is 747 g/mol. The third kappa shape index (κ3) is 67.3. The van der Waals surface area contributed by atoms with Gasteiger partial charge < -0.3 is 37.9 Å². The maximum atomic E-state index is 5.96. The zero-order valence-electron chi connectivity index (χ0n) is 30.8. The summed E-state index contributed by atoms with van der Waals surface area (Å²) < 4.78 is 45.8. The van der Waals surface area contributed by atoms with Gasteiger partial charge in [0.2, 0.25) is 0 Å². The highest BCUT2D eigenvalue weighted by atomic mass is 32.2. The Balaban J connectivity index is -0.000000187. The van der Waals surface area contributed by atoms with Gasteiger partial charge in [-0.05, 0) is 76.2 Å². The fourth-order valence-corrected chi connectivity index (χ4v) is 2.76. The van der Waals surface area contributed by atoms with E-state index in [-0.39, 0.29) is 14.9 Å². The molecule has 0 atom stereocenters. The molecule has 0 aromatic rings. The highest BCUT2D eigenvalue weighted by Gasteiger charge is 2.32. The lowest BCUT2D eigenvalue weighted by molar-refractivity contribution is -0.121. The van der Waals surface area contributed by atoms with Crippen LogP contribution in [-0.2, 0) is 37.9 Å². The average Bonchev–Trinajstić information content (AvgIpc) is 3.00. The van der Waals surface area contributed by atoms with Crippen LogP contribution in [0.25, 0.3) is 0 Å². The van der Waals surface area contributed by atoms with Gasteiger partial charge in [0.1, 0.15) is 0 Å². The summed E-state index contributed by atoms with van der Waals surface area (Å²) in [5.74, 6) is 0. The van der Waals surface area contributed by atoms with E-state index in [1.54, 1.807) is 47.0 Å². The molecule has 290 valence electrons.